The molecule has 0 spiro atoms. The van der Waals surface area contributed by atoms with Gasteiger partial charge in [-0.3, -0.25) is 14.4 Å². The molecule has 0 bridgehead atoms. The number of anilines is 1. The number of hydrogen-bond donors (Lipinski definition) is 2. The van der Waals surface area contributed by atoms with E-state index in [4.69, 9.17) is 0 Å². The monoisotopic (exact) mass is 398 g/mol. The molecule has 0 unspecified atom stereocenters. The summed E-state index contributed by atoms with van der Waals surface area (Å²) >= 11 is 1.49. The fraction of sp³-hybridized carbons (Fsp3) is 0.278. The van der Waals surface area contributed by atoms with Crippen molar-refractivity contribution in [2.45, 2.75) is 26.7 Å². The average Bonchev–Trinajstić information content (AvgIpc) is 2.96. The Morgan fingerprint density at radius 1 is 1.00 bits per heavy atom. The van der Waals surface area contributed by atoms with Crippen molar-refractivity contribution in [2.75, 3.05) is 11.9 Å². The van der Waals surface area contributed by atoms with E-state index >= 15 is 0 Å². The zero-order valence-corrected chi connectivity index (χ0v) is 15.4. The SMILES string of the molecule is Cc1cc(C(=O)CCC(=O)NCC(=O)Nc2ccc(F)c(F)c2F)c(C)s1. The first-order chi connectivity index (χ1) is 12.7. The van der Waals surface area contributed by atoms with Gasteiger partial charge in [0.15, 0.2) is 23.2 Å². The summed E-state index contributed by atoms with van der Waals surface area (Å²) in [5.41, 5.74) is 0.0449. The van der Waals surface area contributed by atoms with Gasteiger partial charge < -0.3 is 10.6 Å². The Kier molecular flexibility index (Phi) is 6.73. The van der Waals surface area contributed by atoms with Crippen LogP contribution in [0.2, 0.25) is 0 Å². The van der Waals surface area contributed by atoms with Crippen LogP contribution in [0.3, 0.4) is 0 Å². The van der Waals surface area contributed by atoms with Gasteiger partial charge in [0.25, 0.3) is 0 Å². The predicted octanol–water partition coefficient (Wildman–Crippen LogP) is 3.50. The fourth-order valence-electron chi connectivity index (χ4n) is 2.35. The molecule has 9 heteroatoms. The molecule has 0 aliphatic rings. The van der Waals surface area contributed by atoms with E-state index in [1.165, 1.54) is 11.3 Å². The number of rotatable bonds is 7. The highest BCUT2D eigenvalue weighted by Gasteiger charge is 2.16. The van der Waals surface area contributed by atoms with Gasteiger partial charge in [-0.05, 0) is 32.0 Å². The van der Waals surface area contributed by atoms with Crippen molar-refractivity contribution in [1.82, 2.24) is 5.32 Å². The number of ketones is 1. The quantitative estimate of drug-likeness (QED) is 0.554. The number of aryl methyl sites for hydroxylation is 2. The normalized spacial score (nSPS) is 10.6. The number of carbonyl (C=O) groups is 3. The third-order valence-electron chi connectivity index (χ3n) is 3.68. The largest absolute Gasteiger partial charge is 0.347 e. The summed E-state index contributed by atoms with van der Waals surface area (Å²) in [6.07, 6.45) is -0.123. The molecule has 144 valence electrons. The number of halogens is 3. The van der Waals surface area contributed by atoms with E-state index in [1.807, 2.05) is 19.2 Å². The van der Waals surface area contributed by atoms with Gasteiger partial charge in [0, 0.05) is 28.2 Å². The number of hydrogen-bond acceptors (Lipinski definition) is 4. The van der Waals surface area contributed by atoms with E-state index in [9.17, 15) is 27.6 Å². The van der Waals surface area contributed by atoms with Crippen LogP contribution in [-0.4, -0.2) is 24.1 Å². The highest BCUT2D eigenvalue weighted by atomic mass is 32.1. The third-order valence-corrected chi connectivity index (χ3v) is 4.64. The predicted molar refractivity (Wildman–Crippen MR) is 95.3 cm³/mol. The summed E-state index contributed by atoms with van der Waals surface area (Å²) in [6.45, 7) is 3.21. The van der Waals surface area contributed by atoms with Gasteiger partial charge in [-0.25, -0.2) is 13.2 Å². The van der Waals surface area contributed by atoms with Crippen molar-refractivity contribution in [3.63, 3.8) is 0 Å². The Morgan fingerprint density at radius 3 is 2.33 bits per heavy atom. The van der Waals surface area contributed by atoms with Crippen LogP contribution in [0.15, 0.2) is 18.2 Å². The number of Topliss-reactive ketones (excluding diaryl/α,β-unsaturated/α-hetero) is 1. The molecule has 2 N–H and O–H groups in total. The molecule has 0 aliphatic heterocycles. The molecule has 2 aromatic rings. The summed E-state index contributed by atoms with van der Waals surface area (Å²) < 4.78 is 39.4. The van der Waals surface area contributed by atoms with Crippen LogP contribution in [0.1, 0.15) is 33.0 Å². The first-order valence-corrected chi connectivity index (χ1v) is 8.81. The molecule has 0 saturated carbocycles. The maximum atomic E-state index is 13.5. The van der Waals surface area contributed by atoms with Crippen molar-refractivity contribution < 1.29 is 27.6 Å². The summed E-state index contributed by atoms with van der Waals surface area (Å²) in [7, 11) is 0. The standard InChI is InChI=1S/C18H17F3N2O3S/c1-9-7-11(10(2)27-9)14(24)5-6-15(25)22-8-16(26)23-13-4-3-12(19)17(20)18(13)21/h3-4,7H,5-6,8H2,1-2H3,(H,22,25)(H,23,26). The van der Waals surface area contributed by atoms with Crippen molar-refractivity contribution in [3.05, 3.63) is 51.0 Å². The minimum atomic E-state index is -1.70. The van der Waals surface area contributed by atoms with Crippen molar-refractivity contribution in [2.24, 2.45) is 0 Å². The lowest BCUT2D eigenvalue weighted by molar-refractivity contribution is -0.124. The summed E-state index contributed by atoms with van der Waals surface area (Å²) in [4.78, 5) is 37.4. The van der Waals surface area contributed by atoms with Crippen LogP contribution in [0.25, 0.3) is 0 Å². The molecule has 0 saturated heterocycles. The average molecular weight is 398 g/mol. The summed E-state index contributed by atoms with van der Waals surface area (Å²) in [6, 6.07) is 3.31. The van der Waals surface area contributed by atoms with Crippen LogP contribution in [-0.2, 0) is 9.59 Å². The number of nitrogens with one attached hydrogen (secondary N) is 2. The van der Waals surface area contributed by atoms with E-state index < -0.39 is 41.5 Å². The molecule has 1 heterocycles. The topological polar surface area (TPSA) is 75.3 Å². The third kappa shape index (κ3) is 5.40. The van der Waals surface area contributed by atoms with Crippen LogP contribution in [0, 0.1) is 31.3 Å². The molecule has 2 rings (SSSR count). The summed E-state index contributed by atoms with van der Waals surface area (Å²) in [5, 5.41) is 4.32. The molecule has 0 atom stereocenters. The number of amides is 2. The molecular weight excluding hydrogens is 381 g/mol. The molecule has 1 aromatic heterocycles. The number of benzene rings is 1. The molecule has 0 aliphatic carbocycles. The second kappa shape index (κ2) is 8.81. The lowest BCUT2D eigenvalue weighted by atomic mass is 10.1. The minimum Gasteiger partial charge on any atom is -0.347 e. The zero-order valence-electron chi connectivity index (χ0n) is 14.6. The van der Waals surface area contributed by atoms with Crippen LogP contribution < -0.4 is 10.6 Å². The van der Waals surface area contributed by atoms with Crippen LogP contribution in [0.5, 0.6) is 0 Å². The van der Waals surface area contributed by atoms with Gasteiger partial charge in [-0.2, -0.15) is 0 Å². The summed E-state index contributed by atoms with van der Waals surface area (Å²) in [5.74, 6) is -6.12. The van der Waals surface area contributed by atoms with E-state index in [-0.39, 0.29) is 18.6 Å². The van der Waals surface area contributed by atoms with Gasteiger partial charge >= 0.3 is 0 Å². The Hall–Kier alpha value is -2.68. The smallest absolute Gasteiger partial charge is 0.243 e. The van der Waals surface area contributed by atoms with Gasteiger partial charge in [0.1, 0.15) is 0 Å². The van der Waals surface area contributed by atoms with E-state index in [0.29, 0.717) is 11.6 Å². The van der Waals surface area contributed by atoms with Gasteiger partial charge in [0.2, 0.25) is 11.8 Å². The fourth-order valence-corrected chi connectivity index (χ4v) is 3.30. The molecule has 27 heavy (non-hydrogen) atoms. The second-order valence-electron chi connectivity index (χ2n) is 5.80. The van der Waals surface area contributed by atoms with Gasteiger partial charge in [0.05, 0.1) is 12.2 Å². The first kappa shape index (κ1) is 20.6. The molecule has 1 aromatic carbocycles. The van der Waals surface area contributed by atoms with Crippen LogP contribution in [0.4, 0.5) is 18.9 Å². The Labute approximate surface area is 157 Å². The molecule has 2 amide bonds. The molecule has 0 fully saturated rings. The lowest BCUT2D eigenvalue weighted by Gasteiger charge is -2.08. The maximum absolute atomic E-state index is 13.5. The minimum absolute atomic E-state index is 0.0116. The van der Waals surface area contributed by atoms with Crippen LogP contribution >= 0.6 is 11.3 Å². The van der Waals surface area contributed by atoms with Gasteiger partial charge in [-0.1, -0.05) is 0 Å². The second-order valence-corrected chi connectivity index (χ2v) is 7.26. The van der Waals surface area contributed by atoms with E-state index in [2.05, 4.69) is 5.32 Å². The number of thiophene rings is 1. The van der Waals surface area contributed by atoms with E-state index in [1.54, 1.807) is 6.07 Å². The number of carbonyl (C=O) groups excluding carboxylic acids is 3. The zero-order chi connectivity index (χ0) is 20.1. The van der Waals surface area contributed by atoms with Crippen molar-refractivity contribution in [3.8, 4) is 0 Å². The Balaban J connectivity index is 1.80. The van der Waals surface area contributed by atoms with E-state index in [0.717, 1.165) is 15.8 Å². The highest BCUT2D eigenvalue weighted by molar-refractivity contribution is 7.12. The maximum Gasteiger partial charge on any atom is 0.243 e. The molecule has 5 nitrogen and oxygen atoms in total. The first-order valence-electron chi connectivity index (χ1n) is 7.99. The highest BCUT2D eigenvalue weighted by Crippen LogP contribution is 2.22. The lowest BCUT2D eigenvalue weighted by Crippen LogP contribution is -2.33. The van der Waals surface area contributed by atoms with Gasteiger partial charge in [-0.15, -0.1) is 11.3 Å². The molecular formula is C18H17F3N2O3S. The molecule has 0 radical (unpaired) electrons. The Morgan fingerprint density at radius 2 is 1.70 bits per heavy atom. The van der Waals surface area contributed by atoms with Crippen molar-refractivity contribution in [1.29, 1.82) is 0 Å². The Bertz CT molecular complexity index is 896. The van der Waals surface area contributed by atoms with Crippen molar-refractivity contribution >= 4 is 34.6 Å².